The molecule has 0 bridgehead atoms. The number of benzene rings is 2. The van der Waals surface area contributed by atoms with E-state index >= 15 is 0 Å². The van der Waals surface area contributed by atoms with Crippen LogP contribution in [0.4, 0.5) is 5.69 Å². The average molecular weight is 388 g/mol. The summed E-state index contributed by atoms with van der Waals surface area (Å²) in [6, 6.07) is 14.1. The Bertz CT molecular complexity index is 813. The van der Waals surface area contributed by atoms with Crippen molar-refractivity contribution in [1.29, 1.82) is 0 Å². The highest BCUT2D eigenvalue weighted by atomic mass is 35.5. The first-order chi connectivity index (χ1) is 13.0. The largest absolute Gasteiger partial charge is 0.462 e. The summed E-state index contributed by atoms with van der Waals surface area (Å²) in [6.07, 6.45) is 1.16. The van der Waals surface area contributed by atoms with E-state index in [4.69, 9.17) is 21.1 Å². The fourth-order valence-corrected chi connectivity index (χ4v) is 3.45. The number of nitrogens with one attached hydrogen (secondary N) is 1. The smallest absolute Gasteiger partial charge is 0.338 e. The zero-order valence-corrected chi connectivity index (χ0v) is 15.9. The summed E-state index contributed by atoms with van der Waals surface area (Å²) in [5.41, 5.74) is 1.18. The van der Waals surface area contributed by atoms with Gasteiger partial charge in [-0.05, 0) is 55.7 Å². The molecular weight excluding hydrogens is 366 g/mol. The van der Waals surface area contributed by atoms with Crippen LogP contribution in [0.5, 0.6) is 0 Å². The van der Waals surface area contributed by atoms with Gasteiger partial charge in [0.1, 0.15) is 0 Å². The van der Waals surface area contributed by atoms with E-state index in [1.807, 2.05) is 12.1 Å². The number of hydrogen-bond acceptors (Lipinski definition) is 4. The molecule has 142 valence electrons. The third kappa shape index (κ3) is 4.31. The number of carbonyl (C=O) groups excluding carboxylic acids is 2. The van der Waals surface area contributed by atoms with E-state index in [0.29, 0.717) is 48.9 Å². The predicted octanol–water partition coefficient (Wildman–Crippen LogP) is 4.20. The van der Waals surface area contributed by atoms with E-state index in [0.717, 1.165) is 5.56 Å². The Hall–Kier alpha value is -2.37. The molecule has 0 aromatic heterocycles. The van der Waals surface area contributed by atoms with Crippen LogP contribution in [0.3, 0.4) is 0 Å². The molecule has 1 aliphatic rings. The lowest BCUT2D eigenvalue weighted by molar-refractivity contribution is -0.125. The number of amides is 1. The molecule has 6 heteroatoms. The molecule has 2 aromatic rings. The van der Waals surface area contributed by atoms with Crippen molar-refractivity contribution < 1.29 is 19.1 Å². The lowest BCUT2D eigenvalue weighted by Gasteiger charge is -2.36. The Morgan fingerprint density at radius 3 is 2.52 bits per heavy atom. The second kappa shape index (κ2) is 8.55. The van der Waals surface area contributed by atoms with Crippen LogP contribution in [-0.4, -0.2) is 31.7 Å². The van der Waals surface area contributed by atoms with Crippen molar-refractivity contribution in [3.63, 3.8) is 0 Å². The summed E-state index contributed by atoms with van der Waals surface area (Å²) in [5.74, 6) is -0.527. The molecule has 1 N–H and O–H groups in total. The second-order valence-electron chi connectivity index (χ2n) is 6.46. The molecule has 0 saturated carbocycles. The molecule has 1 aliphatic heterocycles. The lowest BCUT2D eigenvalue weighted by Crippen LogP contribution is -2.44. The third-order valence-electron chi connectivity index (χ3n) is 4.81. The summed E-state index contributed by atoms with van der Waals surface area (Å²) < 4.78 is 10.5. The molecule has 27 heavy (non-hydrogen) atoms. The fraction of sp³-hybridized carbons (Fsp3) is 0.333. The maximum Gasteiger partial charge on any atom is 0.338 e. The monoisotopic (exact) mass is 387 g/mol. The highest BCUT2D eigenvalue weighted by Gasteiger charge is 2.41. The third-order valence-corrected chi connectivity index (χ3v) is 5.06. The van der Waals surface area contributed by atoms with Crippen LogP contribution in [0.25, 0.3) is 0 Å². The van der Waals surface area contributed by atoms with Crippen LogP contribution in [0, 0.1) is 0 Å². The number of anilines is 1. The minimum atomic E-state index is -0.692. The number of halogens is 1. The van der Waals surface area contributed by atoms with Crippen LogP contribution in [0.15, 0.2) is 48.5 Å². The Labute approximate surface area is 163 Å². The van der Waals surface area contributed by atoms with E-state index in [-0.39, 0.29) is 5.91 Å². The van der Waals surface area contributed by atoms with Gasteiger partial charge in [0, 0.05) is 23.9 Å². The van der Waals surface area contributed by atoms with E-state index in [1.165, 1.54) is 0 Å². The molecular formula is C21H22ClNO4. The lowest BCUT2D eigenvalue weighted by atomic mass is 9.73. The Morgan fingerprint density at radius 2 is 1.85 bits per heavy atom. The quantitative estimate of drug-likeness (QED) is 0.781. The topological polar surface area (TPSA) is 64.6 Å². The summed E-state index contributed by atoms with van der Waals surface area (Å²) in [6.45, 7) is 3.08. The number of ether oxygens (including phenoxy) is 2. The standard InChI is InChI=1S/C21H22ClNO4/c1-2-27-19(24)15-4-3-5-18(14-15)23-20(25)21(10-12-26-13-11-21)16-6-8-17(22)9-7-16/h3-9,14H,2,10-13H2,1H3,(H,23,25). The van der Waals surface area contributed by atoms with Crippen LogP contribution in [0.2, 0.25) is 5.02 Å². The minimum Gasteiger partial charge on any atom is -0.462 e. The van der Waals surface area contributed by atoms with Crippen molar-refractivity contribution in [1.82, 2.24) is 0 Å². The molecule has 2 aromatic carbocycles. The van der Waals surface area contributed by atoms with Crippen molar-refractivity contribution in [2.75, 3.05) is 25.1 Å². The highest BCUT2D eigenvalue weighted by Crippen LogP contribution is 2.36. The zero-order chi connectivity index (χ0) is 19.3. The normalized spacial score (nSPS) is 15.8. The zero-order valence-electron chi connectivity index (χ0n) is 15.2. The molecule has 3 rings (SSSR count). The van der Waals surface area contributed by atoms with Crippen molar-refractivity contribution >= 4 is 29.2 Å². The molecule has 0 aliphatic carbocycles. The van der Waals surface area contributed by atoms with Gasteiger partial charge in [0.25, 0.3) is 0 Å². The van der Waals surface area contributed by atoms with Crippen molar-refractivity contribution in [3.8, 4) is 0 Å². The van der Waals surface area contributed by atoms with Gasteiger partial charge in [0.05, 0.1) is 17.6 Å². The Balaban J connectivity index is 1.86. The first-order valence-corrected chi connectivity index (χ1v) is 9.35. The maximum atomic E-state index is 13.3. The summed E-state index contributed by atoms with van der Waals surface area (Å²) >= 11 is 6.01. The predicted molar refractivity (Wildman–Crippen MR) is 104 cm³/mol. The minimum absolute atomic E-state index is 0.117. The summed E-state index contributed by atoms with van der Waals surface area (Å²) in [4.78, 5) is 25.2. The first kappa shape index (κ1) is 19.4. The first-order valence-electron chi connectivity index (χ1n) is 8.97. The van der Waals surface area contributed by atoms with E-state index < -0.39 is 11.4 Å². The van der Waals surface area contributed by atoms with Gasteiger partial charge in [-0.2, -0.15) is 0 Å². The van der Waals surface area contributed by atoms with Gasteiger partial charge in [-0.15, -0.1) is 0 Å². The van der Waals surface area contributed by atoms with Gasteiger partial charge in [0.2, 0.25) is 5.91 Å². The molecule has 0 atom stereocenters. The maximum absolute atomic E-state index is 13.3. The van der Waals surface area contributed by atoms with E-state index in [1.54, 1.807) is 43.3 Å². The van der Waals surface area contributed by atoms with Crippen LogP contribution < -0.4 is 5.32 Å². The van der Waals surface area contributed by atoms with Crippen LogP contribution in [-0.2, 0) is 19.7 Å². The molecule has 0 radical (unpaired) electrons. The van der Waals surface area contributed by atoms with E-state index in [9.17, 15) is 9.59 Å². The molecule has 1 saturated heterocycles. The van der Waals surface area contributed by atoms with Gasteiger partial charge in [-0.3, -0.25) is 4.79 Å². The SMILES string of the molecule is CCOC(=O)c1cccc(NC(=O)C2(c3ccc(Cl)cc3)CCOCC2)c1. The number of carbonyl (C=O) groups is 2. The number of hydrogen-bond donors (Lipinski definition) is 1. The molecule has 5 nitrogen and oxygen atoms in total. The number of rotatable bonds is 5. The van der Waals surface area contributed by atoms with Crippen molar-refractivity contribution in [3.05, 3.63) is 64.7 Å². The van der Waals surface area contributed by atoms with Gasteiger partial charge >= 0.3 is 5.97 Å². The van der Waals surface area contributed by atoms with Gasteiger partial charge in [0.15, 0.2) is 0 Å². The molecule has 0 spiro atoms. The Morgan fingerprint density at radius 1 is 1.15 bits per heavy atom. The van der Waals surface area contributed by atoms with Crippen LogP contribution in [0.1, 0.15) is 35.7 Å². The fourth-order valence-electron chi connectivity index (χ4n) is 3.32. The van der Waals surface area contributed by atoms with Gasteiger partial charge < -0.3 is 14.8 Å². The molecule has 1 heterocycles. The summed E-state index contributed by atoms with van der Waals surface area (Å²) in [5, 5.41) is 3.60. The molecule has 1 amide bonds. The molecule has 0 unspecified atom stereocenters. The van der Waals surface area contributed by atoms with E-state index in [2.05, 4.69) is 5.32 Å². The second-order valence-corrected chi connectivity index (χ2v) is 6.89. The van der Waals surface area contributed by atoms with Crippen LogP contribution >= 0.6 is 11.6 Å². The van der Waals surface area contributed by atoms with Crippen molar-refractivity contribution in [2.45, 2.75) is 25.2 Å². The molecule has 1 fully saturated rings. The summed E-state index contributed by atoms with van der Waals surface area (Å²) in [7, 11) is 0. The Kier molecular flexibility index (Phi) is 6.14. The number of esters is 1. The highest BCUT2D eigenvalue weighted by molar-refractivity contribution is 6.30. The van der Waals surface area contributed by atoms with Gasteiger partial charge in [-0.25, -0.2) is 4.79 Å². The van der Waals surface area contributed by atoms with Crippen molar-refractivity contribution in [2.24, 2.45) is 0 Å². The average Bonchev–Trinajstić information content (AvgIpc) is 2.69. The van der Waals surface area contributed by atoms with Gasteiger partial charge in [-0.1, -0.05) is 29.8 Å².